The molecule has 126 valence electrons. The van der Waals surface area contributed by atoms with Crippen molar-refractivity contribution >= 4 is 11.8 Å². The van der Waals surface area contributed by atoms with Crippen LogP contribution in [0.2, 0.25) is 0 Å². The normalized spacial score (nSPS) is 10.5. The first kappa shape index (κ1) is 17.6. The third-order valence-electron chi connectivity index (χ3n) is 3.32. The number of amides is 2. The van der Waals surface area contributed by atoms with Gasteiger partial charge in [0, 0.05) is 12.6 Å². The lowest BCUT2D eigenvalue weighted by molar-refractivity contribution is 0.0936. The molecule has 0 aliphatic heterocycles. The van der Waals surface area contributed by atoms with E-state index in [2.05, 4.69) is 15.6 Å². The van der Waals surface area contributed by atoms with Crippen molar-refractivity contribution in [2.45, 2.75) is 33.4 Å². The molecule has 2 amide bonds. The van der Waals surface area contributed by atoms with Gasteiger partial charge in [-0.2, -0.15) is 0 Å². The molecule has 0 fully saturated rings. The highest BCUT2D eigenvalue weighted by Gasteiger charge is 2.13. The number of nitrogens with zero attached hydrogens (tertiary/aromatic N) is 1. The third kappa shape index (κ3) is 4.62. The van der Waals surface area contributed by atoms with Crippen molar-refractivity contribution in [3.63, 3.8) is 0 Å². The number of pyridine rings is 1. The van der Waals surface area contributed by atoms with Crippen LogP contribution in [-0.2, 0) is 6.54 Å². The van der Waals surface area contributed by atoms with E-state index < -0.39 is 5.91 Å². The SMILES string of the molecule is Cc1ccc(CNC(=O)c2cccc(C(=O)NC(C)C)n2)cc1F. The van der Waals surface area contributed by atoms with Crippen molar-refractivity contribution in [2.75, 3.05) is 0 Å². The van der Waals surface area contributed by atoms with Gasteiger partial charge in [0.15, 0.2) is 0 Å². The zero-order valence-corrected chi connectivity index (χ0v) is 13.9. The number of aromatic nitrogens is 1. The van der Waals surface area contributed by atoms with Gasteiger partial charge in [0.1, 0.15) is 17.2 Å². The Kier molecular flexibility index (Phi) is 5.63. The van der Waals surface area contributed by atoms with E-state index in [4.69, 9.17) is 0 Å². The summed E-state index contributed by atoms with van der Waals surface area (Å²) in [4.78, 5) is 28.2. The zero-order valence-electron chi connectivity index (χ0n) is 13.9. The van der Waals surface area contributed by atoms with Crippen LogP contribution >= 0.6 is 0 Å². The number of carbonyl (C=O) groups is 2. The summed E-state index contributed by atoms with van der Waals surface area (Å²) in [5.41, 5.74) is 1.52. The van der Waals surface area contributed by atoms with Crippen molar-refractivity contribution in [3.05, 3.63) is 64.7 Å². The van der Waals surface area contributed by atoms with Gasteiger partial charge < -0.3 is 10.6 Å². The first-order valence-electron chi connectivity index (χ1n) is 7.68. The number of carbonyl (C=O) groups excluding carboxylic acids is 2. The minimum atomic E-state index is -0.421. The molecule has 24 heavy (non-hydrogen) atoms. The fourth-order valence-corrected chi connectivity index (χ4v) is 2.04. The lowest BCUT2D eigenvalue weighted by Crippen LogP contribution is -2.31. The number of aryl methyl sites for hydroxylation is 1. The first-order chi connectivity index (χ1) is 11.4. The Bertz CT molecular complexity index is 760. The largest absolute Gasteiger partial charge is 0.349 e. The highest BCUT2D eigenvalue weighted by atomic mass is 19.1. The van der Waals surface area contributed by atoms with E-state index in [1.54, 1.807) is 31.2 Å². The molecule has 1 aromatic heterocycles. The van der Waals surface area contributed by atoms with Crippen LogP contribution in [0.3, 0.4) is 0 Å². The summed E-state index contributed by atoms with van der Waals surface area (Å²) >= 11 is 0. The average Bonchev–Trinajstić information content (AvgIpc) is 2.55. The maximum Gasteiger partial charge on any atom is 0.270 e. The number of hydrogen-bond acceptors (Lipinski definition) is 3. The molecule has 5 nitrogen and oxygen atoms in total. The Balaban J connectivity index is 2.04. The molecule has 2 aromatic rings. The second-order valence-electron chi connectivity index (χ2n) is 5.80. The van der Waals surface area contributed by atoms with Gasteiger partial charge in [-0.15, -0.1) is 0 Å². The molecular formula is C18H20FN3O2. The molecule has 1 aromatic carbocycles. The minimum absolute atomic E-state index is 0.0202. The Hall–Kier alpha value is -2.76. The quantitative estimate of drug-likeness (QED) is 0.886. The summed E-state index contributed by atoms with van der Waals surface area (Å²) in [5, 5.41) is 5.39. The molecular weight excluding hydrogens is 309 g/mol. The molecule has 0 spiro atoms. The molecule has 0 atom stereocenters. The van der Waals surface area contributed by atoms with Crippen LogP contribution in [0.4, 0.5) is 4.39 Å². The lowest BCUT2D eigenvalue weighted by atomic mass is 10.1. The highest BCUT2D eigenvalue weighted by Crippen LogP contribution is 2.09. The molecule has 0 saturated carbocycles. The molecule has 0 saturated heterocycles. The van der Waals surface area contributed by atoms with Crippen LogP contribution in [0.1, 0.15) is 46.0 Å². The summed E-state index contributed by atoms with van der Waals surface area (Å²) in [7, 11) is 0. The van der Waals surface area contributed by atoms with Gasteiger partial charge in [-0.25, -0.2) is 9.37 Å². The van der Waals surface area contributed by atoms with E-state index >= 15 is 0 Å². The van der Waals surface area contributed by atoms with Crippen LogP contribution in [0.25, 0.3) is 0 Å². The number of rotatable bonds is 5. The second kappa shape index (κ2) is 7.68. The van der Waals surface area contributed by atoms with E-state index in [9.17, 15) is 14.0 Å². The van der Waals surface area contributed by atoms with Gasteiger partial charge in [0.2, 0.25) is 0 Å². The number of benzene rings is 1. The zero-order chi connectivity index (χ0) is 17.7. The van der Waals surface area contributed by atoms with Gasteiger partial charge in [-0.3, -0.25) is 9.59 Å². The molecule has 0 bridgehead atoms. The lowest BCUT2D eigenvalue weighted by Gasteiger charge is -2.09. The summed E-state index contributed by atoms with van der Waals surface area (Å²) in [5.74, 6) is -1.07. The monoisotopic (exact) mass is 329 g/mol. The third-order valence-corrected chi connectivity index (χ3v) is 3.32. The van der Waals surface area contributed by atoms with Gasteiger partial charge in [-0.05, 0) is 50.1 Å². The van der Waals surface area contributed by atoms with Crippen molar-refractivity contribution in [3.8, 4) is 0 Å². The van der Waals surface area contributed by atoms with Crippen LogP contribution in [-0.4, -0.2) is 22.8 Å². The smallest absolute Gasteiger partial charge is 0.270 e. The summed E-state index contributed by atoms with van der Waals surface area (Å²) in [6.45, 7) is 5.54. The molecule has 6 heteroatoms. The highest BCUT2D eigenvalue weighted by molar-refractivity contribution is 5.96. The van der Waals surface area contributed by atoms with E-state index in [1.807, 2.05) is 13.8 Å². The predicted octanol–water partition coefficient (Wildman–Crippen LogP) is 2.60. The standard InChI is InChI=1S/C18H20FN3O2/c1-11(2)21-18(24)16-6-4-5-15(22-16)17(23)20-10-13-8-7-12(3)14(19)9-13/h4-9,11H,10H2,1-3H3,(H,20,23)(H,21,24). The number of halogens is 1. The van der Waals surface area contributed by atoms with Gasteiger partial charge in [0.05, 0.1) is 0 Å². The van der Waals surface area contributed by atoms with Gasteiger partial charge in [0.25, 0.3) is 11.8 Å². The number of nitrogens with one attached hydrogen (secondary N) is 2. The minimum Gasteiger partial charge on any atom is -0.349 e. The molecule has 2 rings (SSSR count). The van der Waals surface area contributed by atoms with Crippen LogP contribution in [0.5, 0.6) is 0 Å². The molecule has 0 unspecified atom stereocenters. The van der Waals surface area contributed by atoms with Crippen molar-refractivity contribution in [1.82, 2.24) is 15.6 Å². The molecule has 0 radical (unpaired) electrons. The van der Waals surface area contributed by atoms with Crippen molar-refractivity contribution < 1.29 is 14.0 Å². The fourth-order valence-electron chi connectivity index (χ4n) is 2.04. The predicted molar refractivity (Wildman–Crippen MR) is 89.1 cm³/mol. The molecule has 1 heterocycles. The Morgan fingerprint density at radius 2 is 1.79 bits per heavy atom. The summed E-state index contributed by atoms with van der Waals surface area (Å²) < 4.78 is 13.5. The van der Waals surface area contributed by atoms with Gasteiger partial charge >= 0.3 is 0 Å². The van der Waals surface area contributed by atoms with E-state index in [0.29, 0.717) is 11.1 Å². The Morgan fingerprint density at radius 3 is 2.42 bits per heavy atom. The molecule has 2 N–H and O–H groups in total. The van der Waals surface area contributed by atoms with Crippen molar-refractivity contribution in [2.24, 2.45) is 0 Å². The number of hydrogen-bond donors (Lipinski definition) is 2. The maximum atomic E-state index is 13.5. The maximum absolute atomic E-state index is 13.5. The van der Waals surface area contributed by atoms with Crippen LogP contribution in [0.15, 0.2) is 36.4 Å². The Labute approximate surface area is 140 Å². The van der Waals surface area contributed by atoms with Crippen LogP contribution < -0.4 is 10.6 Å². The van der Waals surface area contributed by atoms with E-state index in [0.717, 1.165) is 0 Å². The second-order valence-corrected chi connectivity index (χ2v) is 5.80. The van der Waals surface area contributed by atoms with E-state index in [-0.39, 0.29) is 35.7 Å². The fraction of sp³-hybridized carbons (Fsp3) is 0.278. The van der Waals surface area contributed by atoms with Gasteiger partial charge in [-0.1, -0.05) is 18.2 Å². The molecule has 0 aliphatic carbocycles. The first-order valence-corrected chi connectivity index (χ1v) is 7.68. The summed E-state index contributed by atoms with van der Waals surface area (Å²) in [6.07, 6.45) is 0. The molecule has 0 aliphatic rings. The van der Waals surface area contributed by atoms with Crippen LogP contribution in [0, 0.1) is 12.7 Å². The topological polar surface area (TPSA) is 71.1 Å². The summed E-state index contributed by atoms with van der Waals surface area (Å²) in [6, 6.07) is 9.44. The Morgan fingerprint density at radius 1 is 1.12 bits per heavy atom. The average molecular weight is 329 g/mol. The van der Waals surface area contributed by atoms with Crippen molar-refractivity contribution in [1.29, 1.82) is 0 Å². The van der Waals surface area contributed by atoms with E-state index in [1.165, 1.54) is 12.1 Å².